The molecule has 25 heavy (non-hydrogen) atoms. The maximum absolute atomic E-state index is 12.8. The van der Waals surface area contributed by atoms with E-state index in [4.69, 9.17) is 0 Å². The summed E-state index contributed by atoms with van der Waals surface area (Å²) < 4.78 is 1.79. The first-order valence-electron chi connectivity index (χ1n) is 8.55. The minimum Gasteiger partial charge on any atom is -0.352 e. The number of rotatable bonds is 4. The average Bonchev–Trinajstić information content (AvgIpc) is 2.94. The third-order valence-corrected chi connectivity index (χ3v) is 5.13. The van der Waals surface area contributed by atoms with Gasteiger partial charge in [0.1, 0.15) is 0 Å². The molecule has 1 N–H and O–H groups in total. The van der Waals surface area contributed by atoms with Crippen LogP contribution in [0.5, 0.6) is 0 Å². The van der Waals surface area contributed by atoms with Crippen molar-refractivity contribution in [3.8, 4) is 0 Å². The molecular formula is C19H24N4O2. The summed E-state index contributed by atoms with van der Waals surface area (Å²) in [5, 5.41) is 7.23. The Hall–Kier alpha value is -2.63. The van der Waals surface area contributed by atoms with Crippen molar-refractivity contribution in [2.45, 2.75) is 32.4 Å². The summed E-state index contributed by atoms with van der Waals surface area (Å²) in [6, 6.07) is 9.55. The second kappa shape index (κ2) is 7.09. The van der Waals surface area contributed by atoms with Crippen LogP contribution < -0.4 is 5.32 Å². The molecule has 3 rings (SSSR count). The van der Waals surface area contributed by atoms with Crippen LogP contribution in [0.15, 0.2) is 36.5 Å². The van der Waals surface area contributed by atoms with Crippen molar-refractivity contribution in [3.05, 3.63) is 53.3 Å². The van der Waals surface area contributed by atoms with Crippen LogP contribution in [-0.4, -0.2) is 33.5 Å². The SMILES string of the molecule is Cc1c(CNC(=O)[C@@H]2CCC(=O)N(C)[C@@H]2c2ccccc2)cnn1C. The lowest BCUT2D eigenvalue weighted by Gasteiger charge is -2.38. The lowest BCUT2D eigenvalue weighted by Crippen LogP contribution is -2.46. The average molecular weight is 340 g/mol. The van der Waals surface area contributed by atoms with E-state index in [0.29, 0.717) is 19.4 Å². The maximum atomic E-state index is 12.8. The van der Waals surface area contributed by atoms with Crippen LogP contribution >= 0.6 is 0 Å². The minimum absolute atomic E-state index is 0.0172. The van der Waals surface area contributed by atoms with Crippen LogP contribution in [0.4, 0.5) is 0 Å². The number of carbonyl (C=O) groups excluding carboxylic acids is 2. The highest BCUT2D eigenvalue weighted by molar-refractivity contribution is 5.84. The van der Waals surface area contributed by atoms with E-state index < -0.39 is 0 Å². The molecule has 6 nitrogen and oxygen atoms in total. The highest BCUT2D eigenvalue weighted by atomic mass is 16.2. The fourth-order valence-corrected chi connectivity index (χ4v) is 3.45. The summed E-state index contributed by atoms with van der Waals surface area (Å²) in [5.41, 5.74) is 3.04. The number of likely N-dealkylation sites (tertiary alicyclic amines) is 1. The fraction of sp³-hybridized carbons (Fsp3) is 0.421. The molecule has 1 fully saturated rings. The third kappa shape index (κ3) is 3.43. The smallest absolute Gasteiger partial charge is 0.225 e. The summed E-state index contributed by atoms with van der Waals surface area (Å²) >= 11 is 0. The number of benzene rings is 1. The van der Waals surface area contributed by atoms with Crippen LogP contribution in [0.1, 0.15) is 35.7 Å². The molecule has 2 atom stereocenters. The maximum Gasteiger partial charge on any atom is 0.225 e. The van der Waals surface area contributed by atoms with Crippen LogP contribution in [0.2, 0.25) is 0 Å². The Labute approximate surface area is 147 Å². The van der Waals surface area contributed by atoms with Crippen molar-refractivity contribution in [2.24, 2.45) is 13.0 Å². The van der Waals surface area contributed by atoms with Gasteiger partial charge in [-0.05, 0) is 18.9 Å². The molecule has 1 aromatic heterocycles. The lowest BCUT2D eigenvalue weighted by atomic mass is 9.84. The highest BCUT2D eigenvalue weighted by Crippen LogP contribution is 2.35. The van der Waals surface area contributed by atoms with Gasteiger partial charge in [-0.2, -0.15) is 5.10 Å². The monoisotopic (exact) mass is 340 g/mol. The Morgan fingerprint density at radius 2 is 2.00 bits per heavy atom. The predicted octanol–water partition coefficient (Wildman–Crippen LogP) is 1.95. The number of aryl methyl sites for hydroxylation is 1. The van der Waals surface area contributed by atoms with E-state index in [2.05, 4.69) is 10.4 Å². The molecule has 0 saturated carbocycles. The van der Waals surface area contributed by atoms with Crippen molar-refractivity contribution < 1.29 is 9.59 Å². The number of nitrogens with zero attached hydrogens (tertiary/aromatic N) is 3. The number of piperidine rings is 1. The molecule has 0 unspecified atom stereocenters. The molecule has 2 heterocycles. The van der Waals surface area contributed by atoms with Crippen molar-refractivity contribution in [2.75, 3.05) is 7.05 Å². The zero-order valence-electron chi connectivity index (χ0n) is 14.9. The Balaban J connectivity index is 1.77. The van der Waals surface area contributed by atoms with Crippen molar-refractivity contribution in [1.82, 2.24) is 20.0 Å². The van der Waals surface area contributed by atoms with Crippen LogP contribution in [-0.2, 0) is 23.2 Å². The van der Waals surface area contributed by atoms with E-state index in [0.717, 1.165) is 16.8 Å². The van der Waals surface area contributed by atoms with Gasteiger partial charge in [0.15, 0.2) is 0 Å². The van der Waals surface area contributed by atoms with Gasteiger partial charge in [-0.15, -0.1) is 0 Å². The first-order valence-corrected chi connectivity index (χ1v) is 8.55. The Morgan fingerprint density at radius 1 is 1.28 bits per heavy atom. The van der Waals surface area contributed by atoms with Gasteiger partial charge >= 0.3 is 0 Å². The molecule has 1 aromatic carbocycles. The summed E-state index contributed by atoms with van der Waals surface area (Å²) in [6.07, 6.45) is 2.76. The number of hydrogen-bond donors (Lipinski definition) is 1. The molecule has 2 aromatic rings. The van der Waals surface area contributed by atoms with Crippen LogP contribution in [0.25, 0.3) is 0 Å². The molecule has 1 aliphatic rings. The van der Waals surface area contributed by atoms with Gasteiger partial charge in [0.2, 0.25) is 11.8 Å². The quantitative estimate of drug-likeness (QED) is 0.925. The first-order chi connectivity index (χ1) is 12.0. The van der Waals surface area contributed by atoms with Gasteiger partial charge in [0.25, 0.3) is 0 Å². The lowest BCUT2D eigenvalue weighted by molar-refractivity contribution is -0.141. The molecule has 6 heteroatoms. The number of hydrogen-bond acceptors (Lipinski definition) is 3. The molecule has 2 amide bonds. The molecule has 0 radical (unpaired) electrons. The molecule has 0 aliphatic carbocycles. The topological polar surface area (TPSA) is 67.2 Å². The summed E-state index contributed by atoms with van der Waals surface area (Å²) in [4.78, 5) is 26.7. The largest absolute Gasteiger partial charge is 0.352 e. The van der Waals surface area contributed by atoms with E-state index in [9.17, 15) is 9.59 Å². The van der Waals surface area contributed by atoms with Crippen molar-refractivity contribution >= 4 is 11.8 Å². The molecular weight excluding hydrogens is 316 g/mol. The standard InChI is InChI=1S/C19H24N4O2/c1-13-15(12-21-23(13)3)11-20-19(25)16-9-10-17(24)22(2)18(16)14-7-5-4-6-8-14/h4-8,12,16,18H,9-11H2,1-3H3,(H,20,25)/t16-,18-/m1/s1. The summed E-state index contributed by atoms with van der Waals surface area (Å²) in [5.74, 6) is -0.181. The van der Waals surface area contributed by atoms with Gasteiger partial charge < -0.3 is 10.2 Å². The number of aromatic nitrogens is 2. The molecule has 1 saturated heterocycles. The zero-order chi connectivity index (χ0) is 18.0. The summed E-state index contributed by atoms with van der Waals surface area (Å²) in [7, 11) is 3.67. The first kappa shape index (κ1) is 17.2. The number of nitrogens with one attached hydrogen (secondary N) is 1. The van der Waals surface area contributed by atoms with Gasteiger partial charge in [0.05, 0.1) is 18.2 Å². The highest BCUT2D eigenvalue weighted by Gasteiger charge is 2.38. The van der Waals surface area contributed by atoms with Crippen LogP contribution in [0.3, 0.4) is 0 Å². The van der Waals surface area contributed by atoms with Crippen molar-refractivity contribution in [1.29, 1.82) is 0 Å². The van der Waals surface area contributed by atoms with Gasteiger partial charge in [-0.1, -0.05) is 30.3 Å². The molecule has 132 valence electrons. The van der Waals surface area contributed by atoms with E-state index in [-0.39, 0.29) is 23.8 Å². The van der Waals surface area contributed by atoms with Crippen molar-refractivity contribution in [3.63, 3.8) is 0 Å². The Kier molecular flexibility index (Phi) is 4.88. The van der Waals surface area contributed by atoms with Gasteiger partial charge in [-0.3, -0.25) is 14.3 Å². The van der Waals surface area contributed by atoms with E-state index in [1.165, 1.54) is 0 Å². The zero-order valence-corrected chi connectivity index (χ0v) is 14.9. The minimum atomic E-state index is -0.248. The number of carbonyl (C=O) groups is 2. The van der Waals surface area contributed by atoms with E-state index in [1.807, 2.05) is 44.3 Å². The van der Waals surface area contributed by atoms with Gasteiger partial charge in [0, 0.05) is 38.3 Å². The Bertz CT molecular complexity index is 769. The molecule has 1 aliphatic heterocycles. The van der Waals surface area contributed by atoms with E-state index >= 15 is 0 Å². The number of amides is 2. The molecule has 0 spiro atoms. The van der Waals surface area contributed by atoms with E-state index in [1.54, 1.807) is 22.8 Å². The molecule has 0 bridgehead atoms. The normalized spacial score (nSPS) is 20.6. The predicted molar refractivity (Wildman–Crippen MR) is 94.5 cm³/mol. The van der Waals surface area contributed by atoms with Gasteiger partial charge in [-0.25, -0.2) is 0 Å². The fourth-order valence-electron chi connectivity index (χ4n) is 3.45. The second-order valence-corrected chi connectivity index (χ2v) is 6.60. The second-order valence-electron chi connectivity index (χ2n) is 6.60. The Morgan fingerprint density at radius 3 is 2.64 bits per heavy atom. The van der Waals surface area contributed by atoms with Crippen LogP contribution in [0, 0.1) is 12.8 Å². The summed E-state index contributed by atoms with van der Waals surface area (Å²) in [6.45, 7) is 2.43. The third-order valence-electron chi connectivity index (χ3n) is 5.13.